The van der Waals surface area contributed by atoms with E-state index in [1.807, 2.05) is 13.0 Å². The van der Waals surface area contributed by atoms with Crippen LogP contribution in [-0.4, -0.2) is 5.78 Å². The van der Waals surface area contributed by atoms with Gasteiger partial charge in [-0.25, -0.2) is 4.39 Å². The predicted molar refractivity (Wildman–Crippen MR) is 81.4 cm³/mol. The van der Waals surface area contributed by atoms with Crippen LogP contribution >= 0.6 is 43.5 Å². The largest absolute Gasteiger partial charge is 0.288 e. The van der Waals surface area contributed by atoms with Gasteiger partial charge in [0, 0.05) is 14.5 Å². The molecular weight excluding hydrogens is 398 g/mol. The second-order valence-electron chi connectivity index (χ2n) is 4.01. The number of benzene rings is 2. The van der Waals surface area contributed by atoms with Crippen molar-refractivity contribution in [2.75, 3.05) is 0 Å². The molecule has 0 saturated carbocycles. The Labute approximate surface area is 132 Å². The fourth-order valence-electron chi connectivity index (χ4n) is 1.66. The summed E-state index contributed by atoms with van der Waals surface area (Å²) < 4.78 is 15.0. The lowest BCUT2D eigenvalue weighted by molar-refractivity contribution is 0.103. The molecule has 0 amide bonds. The van der Waals surface area contributed by atoms with Crippen LogP contribution in [0.1, 0.15) is 21.5 Å². The van der Waals surface area contributed by atoms with Gasteiger partial charge in [0.25, 0.3) is 0 Å². The van der Waals surface area contributed by atoms with Gasteiger partial charge in [0.15, 0.2) is 5.78 Å². The van der Waals surface area contributed by atoms with Crippen molar-refractivity contribution in [1.82, 2.24) is 0 Å². The highest BCUT2D eigenvalue weighted by molar-refractivity contribution is 9.10. The number of hydrogen-bond acceptors (Lipinski definition) is 1. The molecule has 0 aliphatic heterocycles. The van der Waals surface area contributed by atoms with E-state index in [1.165, 1.54) is 12.1 Å². The maximum Gasteiger partial charge on any atom is 0.197 e. The van der Waals surface area contributed by atoms with Gasteiger partial charge in [0.05, 0.1) is 10.6 Å². The average Bonchev–Trinajstić information content (AvgIpc) is 2.36. The second-order valence-corrected chi connectivity index (χ2v) is 6.07. The highest BCUT2D eigenvalue weighted by Crippen LogP contribution is 2.29. The SMILES string of the molecule is Cc1cccc(C(=O)c2cc(Cl)c(Br)cc2F)c1Br. The van der Waals surface area contributed by atoms with Gasteiger partial charge in [0.2, 0.25) is 0 Å². The summed E-state index contributed by atoms with van der Waals surface area (Å²) in [5.41, 5.74) is 1.28. The first-order valence-electron chi connectivity index (χ1n) is 5.36. The van der Waals surface area contributed by atoms with Crippen LogP contribution in [0.3, 0.4) is 0 Å². The molecule has 1 nitrogen and oxygen atoms in total. The van der Waals surface area contributed by atoms with Crippen LogP contribution < -0.4 is 0 Å². The van der Waals surface area contributed by atoms with Crippen LogP contribution in [0.15, 0.2) is 39.3 Å². The molecule has 0 aromatic heterocycles. The molecule has 5 heteroatoms. The van der Waals surface area contributed by atoms with Gasteiger partial charge in [-0.2, -0.15) is 0 Å². The minimum absolute atomic E-state index is 0.0421. The molecule has 0 unspecified atom stereocenters. The van der Waals surface area contributed by atoms with E-state index in [1.54, 1.807) is 12.1 Å². The summed E-state index contributed by atoms with van der Waals surface area (Å²) in [5.74, 6) is -1.00. The molecule has 19 heavy (non-hydrogen) atoms. The molecule has 0 radical (unpaired) electrons. The Hall–Kier alpha value is -0.710. The number of aryl methyl sites for hydroxylation is 1. The first-order chi connectivity index (χ1) is 8.91. The van der Waals surface area contributed by atoms with Crippen molar-refractivity contribution in [3.8, 4) is 0 Å². The van der Waals surface area contributed by atoms with Gasteiger partial charge in [-0.3, -0.25) is 4.79 Å². The van der Waals surface area contributed by atoms with Gasteiger partial charge in [-0.15, -0.1) is 0 Å². The predicted octanol–water partition coefficient (Wildman–Crippen LogP) is 5.54. The Kier molecular flexibility index (Phi) is 4.43. The summed E-state index contributed by atoms with van der Waals surface area (Å²) in [4.78, 5) is 12.4. The van der Waals surface area contributed by atoms with E-state index in [4.69, 9.17) is 11.6 Å². The van der Waals surface area contributed by atoms with Gasteiger partial charge in [-0.05, 0) is 62.5 Å². The van der Waals surface area contributed by atoms with Crippen LogP contribution in [0, 0.1) is 12.7 Å². The first-order valence-corrected chi connectivity index (χ1v) is 7.32. The normalized spacial score (nSPS) is 10.6. The zero-order valence-electron chi connectivity index (χ0n) is 9.81. The number of ketones is 1. The van der Waals surface area contributed by atoms with Crippen molar-refractivity contribution in [1.29, 1.82) is 0 Å². The van der Waals surface area contributed by atoms with E-state index in [0.29, 0.717) is 19.5 Å². The number of halogens is 4. The molecule has 0 saturated heterocycles. The highest BCUT2D eigenvalue weighted by Gasteiger charge is 2.19. The third kappa shape index (κ3) is 2.91. The van der Waals surface area contributed by atoms with Crippen molar-refractivity contribution in [3.63, 3.8) is 0 Å². The minimum Gasteiger partial charge on any atom is -0.288 e. The molecule has 2 aromatic carbocycles. The lowest BCUT2D eigenvalue weighted by atomic mass is 10.0. The Morgan fingerprint density at radius 3 is 2.58 bits per heavy atom. The van der Waals surface area contributed by atoms with Crippen LogP contribution in [0.5, 0.6) is 0 Å². The third-order valence-corrected chi connectivity index (χ3v) is 4.94. The standard InChI is InChI=1S/C14H8Br2ClFO/c1-7-3-2-4-8(13(7)16)14(19)9-5-11(17)10(15)6-12(9)18/h2-6H,1H3. The van der Waals surface area contributed by atoms with Gasteiger partial charge >= 0.3 is 0 Å². The fraction of sp³-hybridized carbons (Fsp3) is 0.0714. The summed E-state index contributed by atoms with van der Waals surface area (Å²) in [6, 6.07) is 7.80. The van der Waals surface area contributed by atoms with Gasteiger partial charge in [-0.1, -0.05) is 23.7 Å². The average molecular weight is 406 g/mol. The summed E-state index contributed by atoms with van der Waals surface area (Å²) in [6.45, 7) is 1.87. The molecule has 0 heterocycles. The van der Waals surface area contributed by atoms with Crippen molar-refractivity contribution >= 4 is 49.2 Å². The van der Waals surface area contributed by atoms with Crippen LogP contribution in [0.25, 0.3) is 0 Å². The van der Waals surface area contributed by atoms with E-state index >= 15 is 0 Å². The van der Waals surface area contributed by atoms with Crippen LogP contribution in [0.2, 0.25) is 5.02 Å². The number of carbonyl (C=O) groups is 1. The number of rotatable bonds is 2. The van der Waals surface area contributed by atoms with Crippen molar-refractivity contribution in [3.05, 3.63) is 66.8 Å². The van der Waals surface area contributed by atoms with E-state index < -0.39 is 11.6 Å². The molecule has 2 aromatic rings. The summed E-state index contributed by atoms with van der Waals surface area (Å²) >= 11 is 12.4. The molecule has 0 aliphatic carbocycles. The summed E-state index contributed by atoms with van der Waals surface area (Å²) in [5, 5.41) is 0.300. The molecule has 0 aliphatic rings. The third-order valence-electron chi connectivity index (χ3n) is 2.69. The van der Waals surface area contributed by atoms with Crippen molar-refractivity contribution < 1.29 is 9.18 Å². The molecular formula is C14H8Br2ClFO. The Morgan fingerprint density at radius 2 is 1.89 bits per heavy atom. The maximum absolute atomic E-state index is 13.9. The fourth-order valence-corrected chi connectivity index (χ4v) is 2.59. The molecule has 2 rings (SSSR count). The van der Waals surface area contributed by atoms with E-state index in [0.717, 1.165) is 5.56 Å². The van der Waals surface area contributed by atoms with Crippen LogP contribution in [0.4, 0.5) is 4.39 Å². The highest BCUT2D eigenvalue weighted by atomic mass is 79.9. The summed E-state index contributed by atoms with van der Waals surface area (Å²) in [6.07, 6.45) is 0. The Balaban J connectivity index is 2.56. The quantitative estimate of drug-likeness (QED) is 0.473. The second kappa shape index (κ2) is 5.73. The zero-order chi connectivity index (χ0) is 14.2. The minimum atomic E-state index is -0.602. The molecule has 0 spiro atoms. The topological polar surface area (TPSA) is 17.1 Å². The zero-order valence-corrected chi connectivity index (χ0v) is 13.7. The lowest BCUT2D eigenvalue weighted by Gasteiger charge is -2.08. The van der Waals surface area contributed by atoms with Crippen LogP contribution in [-0.2, 0) is 0 Å². The number of carbonyl (C=O) groups excluding carboxylic acids is 1. The first kappa shape index (κ1) is 14.7. The lowest BCUT2D eigenvalue weighted by Crippen LogP contribution is -2.06. The van der Waals surface area contributed by atoms with E-state index in [-0.39, 0.29) is 5.56 Å². The van der Waals surface area contributed by atoms with Crippen molar-refractivity contribution in [2.45, 2.75) is 6.92 Å². The Bertz CT molecular complexity index is 671. The van der Waals surface area contributed by atoms with Gasteiger partial charge < -0.3 is 0 Å². The number of hydrogen-bond donors (Lipinski definition) is 0. The van der Waals surface area contributed by atoms with Crippen molar-refractivity contribution in [2.24, 2.45) is 0 Å². The molecule has 98 valence electrons. The van der Waals surface area contributed by atoms with E-state index in [2.05, 4.69) is 31.9 Å². The van der Waals surface area contributed by atoms with Gasteiger partial charge in [0.1, 0.15) is 5.82 Å². The molecule has 0 N–H and O–H groups in total. The maximum atomic E-state index is 13.9. The van der Waals surface area contributed by atoms with E-state index in [9.17, 15) is 9.18 Å². The molecule has 0 fully saturated rings. The monoisotopic (exact) mass is 404 g/mol. The smallest absolute Gasteiger partial charge is 0.197 e. The molecule has 0 atom stereocenters. The molecule has 0 bridgehead atoms. The Morgan fingerprint density at radius 1 is 1.21 bits per heavy atom. The summed E-state index contributed by atoms with van der Waals surface area (Å²) in [7, 11) is 0.